The number of hydrogen-bond acceptors (Lipinski definition) is 4. The Kier molecular flexibility index (Phi) is 5.56. The van der Waals surface area contributed by atoms with Crippen LogP contribution in [0.4, 0.5) is 0 Å². The second-order valence-electron chi connectivity index (χ2n) is 6.22. The molecule has 25 heavy (non-hydrogen) atoms. The van der Waals surface area contributed by atoms with Crippen LogP contribution in [0.1, 0.15) is 33.6 Å². The number of carbonyl (C=O) groups is 1. The number of nitrogens with one attached hydrogen (secondary N) is 1. The predicted molar refractivity (Wildman–Crippen MR) is 99.5 cm³/mol. The van der Waals surface area contributed by atoms with Crippen LogP contribution >= 0.6 is 11.3 Å². The SMILES string of the molecule is Cc1ccc(CCNC(=O)c2ccc(S(=O)(=O)N3CCCC3)s2)cc1. The van der Waals surface area contributed by atoms with E-state index in [4.69, 9.17) is 0 Å². The van der Waals surface area contributed by atoms with Crippen molar-refractivity contribution in [2.24, 2.45) is 0 Å². The van der Waals surface area contributed by atoms with Gasteiger partial charge in [0.05, 0.1) is 4.88 Å². The molecule has 1 N–H and O–H groups in total. The van der Waals surface area contributed by atoms with Crippen LogP contribution in [-0.4, -0.2) is 38.3 Å². The minimum Gasteiger partial charge on any atom is -0.351 e. The van der Waals surface area contributed by atoms with Crippen molar-refractivity contribution < 1.29 is 13.2 Å². The van der Waals surface area contributed by atoms with E-state index in [0.717, 1.165) is 36.2 Å². The number of amides is 1. The minimum absolute atomic E-state index is 0.222. The lowest BCUT2D eigenvalue weighted by Crippen LogP contribution is -2.27. The summed E-state index contributed by atoms with van der Waals surface area (Å²) in [6.45, 7) is 3.70. The van der Waals surface area contributed by atoms with E-state index in [9.17, 15) is 13.2 Å². The number of hydrogen-bond donors (Lipinski definition) is 1. The van der Waals surface area contributed by atoms with Crippen LogP contribution in [0.2, 0.25) is 0 Å². The van der Waals surface area contributed by atoms with Gasteiger partial charge in [-0.1, -0.05) is 29.8 Å². The van der Waals surface area contributed by atoms with Crippen LogP contribution in [0.25, 0.3) is 0 Å². The monoisotopic (exact) mass is 378 g/mol. The number of sulfonamides is 1. The molecule has 1 aromatic carbocycles. The molecule has 2 aromatic rings. The van der Waals surface area contributed by atoms with Crippen molar-refractivity contribution in [2.75, 3.05) is 19.6 Å². The Morgan fingerprint density at radius 1 is 1.12 bits per heavy atom. The standard InChI is InChI=1S/C18H22N2O3S2/c1-14-4-6-15(7-5-14)10-11-19-18(21)16-8-9-17(24-16)25(22,23)20-12-2-3-13-20/h4-9H,2-3,10-13H2,1H3,(H,19,21). The molecule has 1 amide bonds. The van der Waals surface area contributed by atoms with Crippen molar-refractivity contribution in [3.05, 3.63) is 52.4 Å². The molecule has 0 radical (unpaired) electrons. The van der Waals surface area contributed by atoms with Gasteiger partial charge in [0.15, 0.2) is 0 Å². The van der Waals surface area contributed by atoms with E-state index in [0.29, 0.717) is 24.5 Å². The van der Waals surface area contributed by atoms with Crippen molar-refractivity contribution in [3.63, 3.8) is 0 Å². The molecule has 1 aromatic heterocycles. The average Bonchev–Trinajstić information content (AvgIpc) is 3.29. The molecule has 0 unspecified atom stereocenters. The van der Waals surface area contributed by atoms with Crippen molar-refractivity contribution in [3.8, 4) is 0 Å². The van der Waals surface area contributed by atoms with Crippen LogP contribution in [-0.2, 0) is 16.4 Å². The van der Waals surface area contributed by atoms with Crippen molar-refractivity contribution in [1.29, 1.82) is 0 Å². The second kappa shape index (κ2) is 7.68. The summed E-state index contributed by atoms with van der Waals surface area (Å²) in [5.41, 5.74) is 2.37. The van der Waals surface area contributed by atoms with Gasteiger partial charge in [0.1, 0.15) is 4.21 Å². The summed E-state index contributed by atoms with van der Waals surface area (Å²) in [5.74, 6) is -0.222. The summed E-state index contributed by atoms with van der Waals surface area (Å²) in [5, 5.41) is 2.86. The molecule has 2 heterocycles. The van der Waals surface area contributed by atoms with E-state index in [1.807, 2.05) is 31.2 Å². The zero-order valence-corrected chi connectivity index (χ0v) is 15.8. The fourth-order valence-electron chi connectivity index (χ4n) is 2.80. The Morgan fingerprint density at radius 3 is 2.48 bits per heavy atom. The van der Waals surface area contributed by atoms with E-state index >= 15 is 0 Å². The lowest BCUT2D eigenvalue weighted by molar-refractivity contribution is 0.0958. The first-order chi connectivity index (χ1) is 12.0. The maximum absolute atomic E-state index is 12.5. The third-order valence-corrected chi connectivity index (χ3v) is 7.73. The largest absolute Gasteiger partial charge is 0.351 e. The van der Waals surface area contributed by atoms with Gasteiger partial charge in [0.25, 0.3) is 15.9 Å². The number of aryl methyl sites for hydroxylation is 1. The maximum Gasteiger partial charge on any atom is 0.261 e. The molecule has 1 saturated heterocycles. The topological polar surface area (TPSA) is 66.5 Å². The third-order valence-electron chi connectivity index (χ3n) is 4.28. The van der Waals surface area contributed by atoms with Crippen LogP contribution in [0, 0.1) is 6.92 Å². The van der Waals surface area contributed by atoms with Gasteiger partial charge >= 0.3 is 0 Å². The van der Waals surface area contributed by atoms with Crippen LogP contribution in [0.15, 0.2) is 40.6 Å². The van der Waals surface area contributed by atoms with Gasteiger partial charge in [-0.25, -0.2) is 8.42 Å². The summed E-state index contributed by atoms with van der Waals surface area (Å²) < 4.78 is 26.7. The number of benzene rings is 1. The smallest absolute Gasteiger partial charge is 0.261 e. The summed E-state index contributed by atoms with van der Waals surface area (Å²) in [4.78, 5) is 12.7. The molecule has 1 fully saturated rings. The van der Waals surface area contributed by atoms with E-state index in [-0.39, 0.29) is 10.1 Å². The molecule has 1 aliphatic heterocycles. The molecular weight excluding hydrogens is 356 g/mol. The number of nitrogens with zero attached hydrogens (tertiary/aromatic N) is 1. The Bertz CT molecular complexity index is 835. The molecule has 5 nitrogen and oxygen atoms in total. The highest BCUT2D eigenvalue weighted by Crippen LogP contribution is 2.27. The molecule has 0 spiro atoms. The molecule has 7 heteroatoms. The number of rotatable bonds is 6. The highest BCUT2D eigenvalue weighted by atomic mass is 32.2. The highest BCUT2D eigenvalue weighted by Gasteiger charge is 2.29. The third kappa shape index (κ3) is 4.29. The average molecular weight is 379 g/mol. The molecule has 3 rings (SSSR count). The Labute approximate surface area is 152 Å². The predicted octanol–water partition coefficient (Wildman–Crippen LogP) is 2.81. The number of thiophene rings is 1. The van der Waals surface area contributed by atoms with Gasteiger partial charge in [-0.3, -0.25) is 4.79 Å². The van der Waals surface area contributed by atoms with Crippen molar-refractivity contribution in [1.82, 2.24) is 9.62 Å². The summed E-state index contributed by atoms with van der Waals surface area (Å²) in [7, 11) is -3.45. The molecule has 0 aliphatic carbocycles. The quantitative estimate of drug-likeness (QED) is 0.840. The van der Waals surface area contributed by atoms with Gasteiger partial charge in [-0.15, -0.1) is 11.3 Å². The highest BCUT2D eigenvalue weighted by molar-refractivity contribution is 7.91. The Morgan fingerprint density at radius 2 is 1.80 bits per heavy atom. The lowest BCUT2D eigenvalue weighted by Gasteiger charge is -2.13. The fraction of sp³-hybridized carbons (Fsp3) is 0.389. The summed E-state index contributed by atoms with van der Waals surface area (Å²) in [6, 6.07) is 11.3. The van der Waals surface area contributed by atoms with Gasteiger partial charge < -0.3 is 5.32 Å². The maximum atomic E-state index is 12.5. The molecular formula is C18H22N2O3S2. The van der Waals surface area contributed by atoms with E-state index in [1.165, 1.54) is 15.9 Å². The molecule has 0 saturated carbocycles. The first-order valence-electron chi connectivity index (χ1n) is 8.40. The zero-order valence-electron chi connectivity index (χ0n) is 14.2. The van der Waals surface area contributed by atoms with Gasteiger partial charge in [0.2, 0.25) is 0 Å². The van der Waals surface area contributed by atoms with E-state index < -0.39 is 10.0 Å². The first-order valence-corrected chi connectivity index (χ1v) is 10.7. The van der Waals surface area contributed by atoms with Crippen molar-refractivity contribution >= 4 is 27.3 Å². The Hall–Kier alpha value is -1.70. The van der Waals surface area contributed by atoms with Gasteiger partial charge in [-0.2, -0.15) is 4.31 Å². The van der Waals surface area contributed by atoms with Crippen LogP contribution in [0.3, 0.4) is 0 Å². The molecule has 134 valence electrons. The molecule has 0 bridgehead atoms. The van der Waals surface area contributed by atoms with E-state index in [2.05, 4.69) is 5.32 Å². The van der Waals surface area contributed by atoms with Crippen LogP contribution in [0.5, 0.6) is 0 Å². The van der Waals surface area contributed by atoms with Crippen molar-refractivity contribution in [2.45, 2.75) is 30.4 Å². The molecule has 1 aliphatic rings. The molecule has 0 atom stereocenters. The van der Waals surface area contributed by atoms with E-state index in [1.54, 1.807) is 6.07 Å². The van der Waals surface area contributed by atoms with Gasteiger partial charge in [-0.05, 0) is 43.9 Å². The van der Waals surface area contributed by atoms with Gasteiger partial charge in [0, 0.05) is 19.6 Å². The summed E-state index contributed by atoms with van der Waals surface area (Å²) in [6.07, 6.45) is 2.55. The minimum atomic E-state index is -3.45. The van der Waals surface area contributed by atoms with Crippen LogP contribution < -0.4 is 5.32 Å². The normalized spacial score (nSPS) is 15.4. The lowest BCUT2D eigenvalue weighted by atomic mass is 10.1. The fourth-order valence-corrected chi connectivity index (χ4v) is 5.69. The zero-order chi connectivity index (χ0) is 17.9. The first kappa shape index (κ1) is 18.1. The number of carbonyl (C=O) groups excluding carboxylic acids is 1. The second-order valence-corrected chi connectivity index (χ2v) is 9.47. The summed E-state index contributed by atoms with van der Waals surface area (Å²) >= 11 is 1.04. The Balaban J connectivity index is 1.58.